The lowest BCUT2D eigenvalue weighted by Gasteiger charge is -2.31. The Kier molecular flexibility index (Phi) is 7.66. The minimum Gasteiger partial charge on any atom is -0.480 e. The average molecular weight is 453 g/mol. The summed E-state index contributed by atoms with van der Waals surface area (Å²) in [6, 6.07) is 13.2. The monoisotopic (exact) mass is 452 g/mol. The molecule has 0 saturated carbocycles. The van der Waals surface area contributed by atoms with Gasteiger partial charge in [0.25, 0.3) is 0 Å². The van der Waals surface area contributed by atoms with E-state index in [1.165, 1.54) is 4.90 Å². The number of fused-ring (bicyclic) bond motifs is 1. The number of rotatable bonds is 8. The topological polar surface area (TPSA) is 128 Å². The van der Waals surface area contributed by atoms with Crippen molar-refractivity contribution < 1.29 is 24.3 Å². The van der Waals surface area contributed by atoms with E-state index >= 15 is 0 Å². The van der Waals surface area contributed by atoms with Crippen LogP contribution in [0.2, 0.25) is 0 Å². The van der Waals surface area contributed by atoms with Crippen molar-refractivity contribution in [3.8, 4) is 0 Å². The highest BCUT2D eigenvalue weighted by molar-refractivity contribution is 6.10. The largest absolute Gasteiger partial charge is 0.480 e. The van der Waals surface area contributed by atoms with Crippen LogP contribution in [-0.2, 0) is 20.8 Å². The minimum absolute atomic E-state index is 0.160. The molecule has 4 N–H and O–H groups in total. The fourth-order valence-electron chi connectivity index (χ4n) is 3.64. The number of para-hydroxylation sites is 2. The molecule has 0 aliphatic carbocycles. The quantitative estimate of drug-likeness (QED) is 0.489. The van der Waals surface area contributed by atoms with Gasteiger partial charge in [-0.3, -0.25) is 14.5 Å². The van der Waals surface area contributed by atoms with Crippen LogP contribution in [0.4, 0.5) is 16.2 Å². The van der Waals surface area contributed by atoms with Crippen LogP contribution in [0.3, 0.4) is 0 Å². The van der Waals surface area contributed by atoms with Crippen LogP contribution in [-0.4, -0.2) is 47.5 Å². The van der Waals surface area contributed by atoms with E-state index in [1.807, 2.05) is 37.3 Å². The molecule has 1 aliphatic rings. The number of nitrogens with one attached hydrogen (secondary N) is 3. The molecule has 3 atom stereocenters. The van der Waals surface area contributed by atoms with Gasteiger partial charge in [0.05, 0.1) is 11.4 Å². The lowest BCUT2D eigenvalue weighted by atomic mass is 9.98. The Morgan fingerprint density at radius 2 is 1.73 bits per heavy atom. The fraction of sp³-hybridized carbons (Fsp3) is 0.333. The Bertz CT molecular complexity index is 1030. The first-order valence-electron chi connectivity index (χ1n) is 10.8. The van der Waals surface area contributed by atoms with Gasteiger partial charge in [-0.2, -0.15) is 0 Å². The van der Waals surface area contributed by atoms with Crippen LogP contribution in [0, 0.1) is 5.92 Å². The second-order valence-electron chi connectivity index (χ2n) is 8.05. The third-order valence-electron chi connectivity index (χ3n) is 5.69. The van der Waals surface area contributed by atoms with Gasteiger partial charge in [-0.25, -0.2) is 9.59 Å². The number of benzene rings is 2. The summed E-state index contributed by atoms with van der Waals surface area (Å²) in [4.78, 5) is 51.4. The van der Waals surface area contributed by atoms with E-state index in [0.717, 1.165) is 5.56 Å². The maximum Gasteiger partial charge on any atom is 0.326 e. The summed E-state index contributed by atoms with van der Waals surface area (Å²) < 4.78 is 0. The lowest BCUT2D eigenvalue weighted by Crippen LogP contribution is -2.57. The summed E-state index contributed by atoms with van der Waals surface area (Å²) in [6.07, 6.45) is 0.722. The van der Waals surface area contributed by atoms with Crippen LogP contribution < -0.4 is 20.9 Å². The van der Waals surface area contributed by atoms with Crippen LogP contribution in [0.1, 0.15) is 25.8 Å². The van der Waals surface area contributed by atoms with E-state index in [4.69, 9.17) is 0 Å². The number of carboxylic acids is 1. The predicted octanol–water partition coefficient (Wildman–Crippen LogP) is 2.38. The third-order valence-corrected chi connectivity index (χ3v) is 5.69. The molecule has 2 aromatic carbocycles. The number of nitrogens with zero attached hydrogens (tertiary/aromatic N) is 1. The summed E-state index contributed by atoms with van der Waals surface area (Å²) in [5.74, 6) is -2.38. The van der Waals surface area contributed by atoms with Crippen LogP contribution in [0.15, 0.2) is 54.6 Å². The van der Waals surface area contributed by atoms with Gasteiger partial charge in [0, 0.05) is 6.42 Å². The van der Waals surface area contributed by atoms with E-state index in [2.05, 4.69) is 16.0 Å². The van der Waals surface area contributed by atoms with Crippen molar-refractivity contribution in [3.05, 3.63) is 60.2 Å². The SMILES string of the molecule is CCC(C)C(NC(=O)C(Cc1ccccc1)NC(=O)N1CC(=O)Nc2ccccc21)C(=O)O. The number of carbonyl (C=O) groups excluding carboxylic acids is 3. The molecule has 0 spiro atoms. The maximum atomic E-state index is 13.2. The number of carboxylic acid groups (broad SMARTS) is 1. The van der Waals surface area contributed by atoms with Gasteiger partial charge in [-0.15, -0.1) is 0 Å². The molecule has 3 unspecified atom stereocenters. The zero-order valence-electron chi connectivity index (χ0n) is 18.6. The Labute approximate surface area is 192 Å². The second kappa shape index (κ2) is 10.6. The predicted molar refractivity (Wildman–Crippen MR) is 124 cm³/mol. The molecular formula is C24H28N4O5. The van der Waals surface area contributed by atoms with Crippen molar-refractivity contribution in [1.82, 2.24) is 10.6 Å². The molecule has 2 aromatic rings. The molecule has 0 radical (unpaired) electrons. The molecule has 33 heavy (non-hydrogen) atoms. The highest BCUT2D eigenvalue weighted by Gasteiger charge is 2.32. The number of hydrogen-bond donors (Lipinski definition) is 4. The number of carbonyl (C=O) groups is 4. The van der Waals surface area contributed by atoms with Gasteiger partial charge >= 0.3 is 12.0 Å². The number of anilines is 2. The molecule has 1 aliphatic heterocycles. The van der Waals surface area contributed by atoms with E-state index in [9.17, 15) is 24.3 Å². The van der Waals surface area contributed by atoms with Crippen molar-refractivity contribution in [2.75, 3.05) is 16.8 Å². The van der Waals surface area contributed by atoms with Crippen LogP contribution in [0.5, 0.6) is 0 Å². The van der Waals surface area contributed by atoms with Gasteiger partial charge in [-0.05, 0) is 23.6 Å². The molecule has 4 amide bonds. The number of amides is 4. The summed E-state index contributed by atoms with van der Waals surface area (Å²) in [6.45, 7) is 3.38. The highest BCUT2D eigenvalue weighted by Crippen LogP contribution is 2.28. The van der Waals surface area contributed by atoms with E-state index in [1.54, 1.807) is 31.2 Å². The first-order valence-corrected chi connectivity index (χ1v) is 10.8. The molecule has 0 saturated heterocycles. The third kappa shape index (κ3) is 5.88. The van der Waals surface area contributed by atoms with Gasteiger partial charge in [0.1, 0.15) is 18.6 Å². The van der Waals surface area contributed by atoms with Crippen molar-refractivity contribution in [2.24, 2.45) is 5.92 Å². The Morgan fingerprint density at radius 1 is 1.06 bits per heavy atom. The number of aliphatic carboxylic acids is 1. The van der Waals surface area contributed by atoms with E-state index in [-0.39, 0.29) is 24.8 Å². The molecule has 0 fully saturated rings. The highest BCUT2D eigenvalue weighted by atomic mass is 16.4. The lowest BCUT2D eigenvalue weighted by molar-refractivity contribution is -0.143. The molecule has 9 nitrogen and oxygen atoms in total. The zero-order chi connectivity index (χ0) is 24.0. The molecule has 0 aromatic heterocycles. The van der Waals surface area contributed by atoms with Crippen molar-refractivity contribution in [2.45, 2.75) is 38.8 Å². The van der Waals surface area contributed by atoms with Gasteiger partial charge in [-0.1, -0.05) is 62.7 Å². The summed E-state index contributed by atoms with van der Waals surface area (Å²) in [5.41, 5.74) is 1.80. The number of urea groups is 1. The van der Waals surface area contributed by atoms with Crippen LogP contribution in [0.25, 0.3) is 0 Å². The zero-order valence-corrected chi connectivity index (χ0v) is 18.6. The first-order chi connectivity index (χ1) is 15.8. The number of hydrogen-bond acceptors (Lipinski definition) is 4. The molecular weight excluding hydrogens is 424 g/mol. The van der Waals surface area contributed by atoms with E-state index in [0.29, 0.717) is 17.8 Å². The van der Waals surface area contributed by atoms with E-state index < -0.39 is 30.0 Å². The Hall–Kier alpha value is -3.88. The molecule has 0 bridgehead atoms. The fourth-order valence-corrected chi connectivity index (χ4v) is 3.64. The first kappa shape index (κ1) is 23.8. The Morgan fingerprint density at radius 3 is 2.39 bits per heavy atom. The minimum atomic E-state index is -1.14. The average Bonchev–Trinajstić information content (AvgIpc) is 2.81. The van der Waals surface area contributed by atoms with Crippen molar-refractivity contribution in [1.29, 1.82) is 0 Å². The normalized spacial score (nSPS) is 15.5. The maximum absolute atomic E-state index is 13.2. The molecule has 1 heterocycles. The van der Waals surface area contributed by atoms with Crippen molar-refractivity contribution in [3.63, 3.8) is 0 Å². The Balaban J connectivity index is 1.84. The van der Waals surface area contributed by atoms with Gasteiger partial charge in [0.2, 0.25) is 11.8 Å². The smallest absolute Gasteiger partial charge is 0.326 e. The van der Waals surface area contributed by atoms with Gasteiger partial charge < -0.3 is 21.1 Å². The molecule has 9 heteroatoms. The standard InChI is InChI=1S/C24H28N4O5/c1-3-15(2)21(23(31)32)27-22(30)18(13-16-9-5-4-6-10-16)26-24(33)28-14-20(29)25-17-11-7-8-12-19(17)28/h4-12,15,18,21H,3,13-14H2,1-2H3,(H,25,29)(H,26,33)(H,27,30)(H,31,32). The molecule has 3 rings (SSSR count). The summed E-state index contributed by atoms with van der Waals surface area (Å²) in [5, 5.41) is 17.5. The van der Waals surface area contributed by atoms with Crippen LogP contribution >= 0.6 is 0 Å². The van der Waals surface area contributed by atoms with Gasteiger partial charge in [0.15, 0.2) is 0 Å². The summed E-state index contributed by atoms with van der Waals surface area (Å²) >= 11 is 0. The van der Waals surface area contributed by atoms with Crippen molar-refractivity contribution >= 4 is 35.2 Å². The second-order valence-corrected chi connectivity index (χ2v) is 8.05. The summed E-state index contributed by atoms with van der Waals surface area (Å²) in [7, 11) is 0. The molecule has 174 valence electrons.